The minimum absolute atomic E-state index is 0.0481. The Bertz CT molecular complexity index is 452. The first-order valence-electron chi connectivity index (χ1n) is 7.23. The van der Waals surface area contributed by atoms with E-state index >= 15 is 0 Å². The van der Waals surface area contributed by atoms with Gasteiger partial charge in [-0.2, -0.15) is 0 Å². The van der Waals surface area contributed by atoms with E-state index in [0.717, 1.165) is 18.4 Å². The summed E-state index contributed by atoms with van der Waals surface area (Å²) in [5.41, 5.74) is 0.930. The van der Waals surface area contributed by atoms with Gasteiger partial charge in [-0.3, -0.25) is 9.59 Å². The molecule has 0 aliphatic carbocycles. The van der Waals surface area contributed by atoms with Crippen LogP contribution in [0.2, 0.25) is 0 Å². The van der Waals surface area contributed by atoms with Crippen LogP contribution in [0.1, 0.15) is 38.7 Å². The van der Waals surface area contributed by atoms with Crippen molar-refractivity contribution in [2.24, 2.45) is 5.92 Å². The number of rotatable bonds is 6. The van der Waals surface area contributed by atoms with Crippen molar-refractivity contribution in [3.05, 3.63) is 24.2 Å². The molecule has 2 heterocycles. The first-order valence-corrected chi connectivity index (χ1v) is 7.23. The van der Waals surface area contributed by atoms with E-state index in [1.54, 1.807) is 12.5 Å². The van der Waals surface area contributed by atoms with E-state index < -0.39 is 0 Å². The molecule has 5 nitrogen and oxygen atoms in total. The molecule has 1 N–H and O–H groups in total. The first-order chi connectivity index (χ1) is 9.65. The Morgan fingerprint density at radius 1 is 1.50 bits per heavy atom. The van der Waals surface area contributed by atoms with E-state index in [0.29, 0.717) is 19.5 Å². The molecule has 1 aliphatic heterocycles. The fourth-order valence-electron chi connectivity index (χ4n) is 2.72. The van der Waals surface area contributed by atoms with Crippen LogP contribution in [0.25, 0.3) is 0 Å². The highest BCUT2D eigenvalue weighted by Gasteiger charge is 2.36. The molecule has 1 unspecified atom stereocenters. The number of carbonyl (C=O) groups excluding carboxylic acids is 2. The predicted octanol–water partition coefficient (Wildman–Crippen LogP) is 1.93. The molecule has 1 aliphatic rings. The standard InChI is InChI=1S/C15H22N2O3/c1-3-13(4-2)17-9-12(7-14(17)18)15(19)16-8-11-5-6-20-10-11/h5-6,10,12-13H,3-4,7-9H2,1-2H3,(H,16,19). The highest BCUT2D eigenvalue weighted by atomic mass is 16.3. The number of nitrogens with one attached hydrogen (secondary N) is 1. The van der Waals surface area contributed by atoms with Crippen LogP contribution in [0.4, 0.5) is 0 Å². The maximum Gasteiger partial charge on any atom is 0.225 e. The number of likely N-dealkylation sites (tertiary alicyclic amines) is 1. The third kappa shape index (κ3) is 3.21. The number of carbonyl (C=O) groups is 2. The van der Waals surface area contributed by atoms with Crippen LogP contribution in [-0.2, 0) is 16.1 Å². The molecule has 2 amide bonds. The summed E-state index contributed by atoms with van der Waals surface area (Å²) in [6.45, 7) is 5.15. The lowest BCUT2D eigenvalue weighted by molar-refractivity contribution is -0.130. The lowest BCUT2D eigenvalue weighted by atomic mass is 10.1. The van der Waals surface area contributed by atoms with Gasteiger partial charge in [0, 0.05) is 31.1 Å². The van der Waals surface area contributed by atoms with E-state index in [1.165, 1.54) is 0 Å². The van der Waals surface area contributed by atoms with Gasteiger partial charge >= 0.3 is 0 Å². The molecule has 1 fully saturated rings. The van der Waals surface area contributed by atoms with Gasteiger partial charge in [0.25, 0.3) is 0 Å². The second-order valence-electron chi connectivity index (χ2n) is 5.27. The van der Waals surface area contributed by atoms with E-state index in [-0.39, 0.29) is 23.8 Å². The van der Waals surface area contributed by atoms with Crippen molar-refractivity contribution in [1.82, 2.24) is 10.2 Å². The van der Waals surface area contributed by atoms with Crippen LogP contribution < -0.4 is 5.32 Å². The summed E-state index contributed by atoms with van der Waals surface area (Å²) in [5, 5.41) is 2.87. The van der Waals surface area contributed by atoms with Crippen LogP contribution in [-0.4, -0.2) is 29.3 Å². The van der Waals surface area contributed by atoms with E-state index in [1.807, 2.05) is 11.0 Å². The first kappa shape index (κ1) is 14.6. The van der Waals surface area contributed by atoms with Crippen LogP contribution in [0, 0.1) is 5.92 Å². The highest BCUT2D eigenvalue weighted by molar-refractivity contribution is 5.89. The van der Waals surface area contributed by atoms with Crippen molar-refractivity contribution in [2.75, 3.05) is 6.54 Å². The molecule has 0 radical (unpaired) electrons. The average molecular weight is 278 g/mol. The van der Waals surface area contributed by atoms with E-state index in [4.69, 9.17) is 4.42 Å². The smallest absolute Gasteiger partial charge is 0.225 e. The molecule has 1 saturated heterocycles. The zero-order chi connectivity index (χ0) is 14.5. The maximum absolute atomic E-state index is 12.1. The van der Waals surface area contributed by atoms with Gasteiger partial charge in [0.1, 0.15) is 0 Å². The zero-order valence-corrected chi connectivity index (χ0v) is 12.1. The number of hydrogen-bond acceptors (Lipinski definition) is 3. The Morgan fingerprint density at radius 2 is 2.25 bits per heavy atom. The third-order valence-electron chi connectivity index (χ3n) is 3.96. The second-order valence-corrected chi connectivity index (χ2v) is 5.27. The normalized spacial score (nSPS) is 18.9. The molecular weight excluding hydrogens is 256 g/mol. The summed E-state index contributed by atoms with van der Waals surface area (Å²) < 4.78 is 4.95. The SMILES string of the molecule is CCC(CC)N1CC(C(=O)NCc2ccoc2)CC1=O. The fraction of sp³-hybridized carbons (Fsp3) is 0.600. The van der Waals surface area contributed by atoms with Crippen molar-refractivity contribution in [3.8, 4) is 0 Å². The summed E-state index contributed by atoms with van der Waals surface area (Å²) in [5.74, 6) is -0.176. The Labute approximate surface area is 119 Å². The zero-order valence-electron chi connectivity index (χ0n) is 12.1. The number of amides is 2. The Morgan fingerprint density at radius 3 is 2.85 bits per heavy atom. The minimum Gasteiger partial charge on any atom is -0.472 e. The molecule has 0 aromatic carbocycles. The van der Waals surface area contributed by atoms with Crippen LogP contribution in [0.5, 0.6) is 0 Å². The van der Waals surface area contributed by atoms with Gasteiger partial charge in [-0.15, -0.1) is 0 Å². The van der Waals surface area contributed by atoms with Gasteiger partial charge in [-0.25, -0.2) is 0 Å². The average Bonchev–Trinajstić information content (AvgIpc) is 3.08. The van der Waals surface area contributed by atoms with Gasteiger partial charge in [0.2, 0.25) is 11.8 Å². The Hall–Kier alpha value is -1.78. The summed E-state index contributed by atoms with van der Waals surface area (Å²) in [6.07, 6.45) is 5.39. The Balaban J connectivity index is 1.87. The number of hydrogen-bond donors (Lipinski definition) is 1. The van der Waals surface area contributed by atoms with Crippen molar-refractivity contribution < 1.29 is 14.0 Å². The van der Waals surface area contributed by atoms with Crippen molar-refractivity contribution in [2.45, 2.75) is 45.7 Å². The molecule has 0 spiro atoms. The molecule has 1 atom stereocenters. The van der Waals surface area contributed by atoms with Gasteiger partial charge in [0.15, 0.2) is 0 Å². The predicted molar refractivity (Wildman–Crippen MR) is 74.7 cm³/mol. The highest BCUT2D eigenvalue weighted by Crippen LogP contribution is 2.23. The Kier molecular flexibility index (Phi) is 4.82. The van der Waals surface area contributed by atoms with Gasteiger partial charge < -0.3 is 14.6 Å². The van der Waals surface area contributed by atoms with E-state index in [2.05, 4.69) is 19.2 Å². The topological polar surface area (TPSA) is 62.6 Å². The van der Waals surface area contributed by atoms with Crippen LogP contribution in [0.3, 0.4) is 0 Å². The summed E-state index contributed by atoms with van der Waals surface area (Å²) in [4.78, 5) is 26.0. The molecule has 1 aromatic heterocycles. The number of nitrogens with zero attached hydrogens (tertiary/aromatic N) is 1. The quantitative estimate of drug-likeness (QED) is 0.865. The molecule has 0 bridgehead atoms. The third-order valence-corrected chi connectivity index (χ3v) is 3.96. The molecule has 2 rings (SSSR count). The van der Waals surface area contributed by atoms with Gasteiger partial charge in [-0.05, 0) is 18.9 Å². The fourth-order valence-corrected chi connectivity index (χ4v) is 2.72. The lowest BCUT2D eigenvalue weighted by Crippen LogP contribution is -2.37. The summed E-state index contributed by atoms with van der Waals surface area (Å²) >= 11 is 0. The molecular formula is C15H22N2O3. The largest absolute Gasteiger partial charge is 0.472 e. The molecule has 0 saturated carbocycles. The molecule has 1 aromatic rings. The van der Waals surface area contributed by atoms with Gasteiger partial charge in [0.05, 0.1) is 18.4 Å². The van der Waals surface area contributed by atoms with Crippen LogP contribution >= 0.6 is 0 Å². The molecule has 20 heavy (non-hydrogen) atoms. The maximum atomic E-state index is 12.1. The minimum atomic E-state index is -0.227. The number of furan rings is 1. The molecule has 110 valence electrons. The van der Waals surface area contributed by atoms with Crippen molar-refractivity contribution >= 4 is 11.8 Å². The van der Waals surface area contributed by atoms with Crippen LogP contribution in [0.15, 0.2) is 23.0 Å². The van der Waals surface area contributed by atoms with Crippen molar-refractivity contribution in [1.29, 1.82) is 0 Å². The summed E-state index contributed by atoms with van der Waals surface area (Å²) in [6, 6.07) is 2.07. The van der Waals surface area contributed by atoms with Crippen molar-refractivity contribution in [3.63, 3.8) is 0 Å². The van der Waals surface area contributed by atoms with Gasteiger partial charge in [-0.1, -0.05) is 13.8 Å². The lowest BCUT2D eigenvalue weighted by Gasteiger charge is -2.26. The second kappa shape index (κ2) is 6.59. The monoisotopic (exact) mass is 278 g/mol. The summed E-state index contributed by atoms with van der Waals surface area (Å²) in [7, 11) is 0. The van der Waals surface area contributed by atoms with E-state index in [9.17, 15) is 9.59 Å². The molecule has 5 heteroatoms.